The van der Waals surface area contributed by atoms with Crippen molar-refractivity contribution < 1.29 is 8.42 Å². The van der Waals surface area contributed by atoms with Crippen LogP contribution in [0.25, 0.3) is 0 Å². The molecule has 2 heterocycles. The Morgan fingerprint density at radius 1 is 1.10 bits per heavy atom. The Bertz CT molecular complexity index is 601. The summed E-state index contributed by atoms with van der Waals surface area (Å²) in [6.45, 7) is 6.01. The molecule has 3 rings (SSSR count). The van der Waals surface area contributed by atoms with Crippen LogP contribution in [-0.2, 0) is 10.0 Å². The third-order valence-electron chi connectivity index (χ3n) is 4.56. The lowest BCUT2D eigenvalue weighted by atomic mass is 10.2. The van der Waals surface area contributed by atoms with Crippen molar-refractivity contribution in [1.82, 2.24) is 9.21 Å². The Labute approximate surface area is 131 Å². The van der Waals surface area contributed by atoms with Crippen molar-refractivity contribution in [2.24, 2.45) is 0 Å². The first-order valence-electron chi connectivity index (χ1n) is 7.43. The van der Waals surface area contributed by atoms with Crippen LogP contribution in [0, 0.1) is 0 Å². The van der Waals surface area contributed by atoms with E-state index in [0.717, 1.165) is 25.9 Å². The number of nitrogens with zero attached hydrogens (tertiary/aromatic N) is 2. The highest BCUT2D eigenvalue weighted by atomic mass is 35.5. The van der Waals surface area contributed by atoms with Crippen molar-refractivity contribution in [2.75, 3.05) is 13.1 Å². The summed E-state index contributed by atoms with van der Waals surface area (Å²) in [6, 6.07) is 7.16. The van der Waals surface area contributed by atoms with Crippen LogP contribution in [0.5, 0.6) is 0 Å². The van der Waals surface area contributed by atoms with Crippen LogP contribution in [0.15, 0.2) is 29.2 Å². The molecule has 2 aliphatic rings. The van der Waals surface area contributed by atoms with Gasteiger partial charge < -0.3 is 0 Å². The summed E-state index contributed by atoms with van der Waals surface area (Å²) in [5, 5.41) is 0.557. The number of fused-ring (bicyclic) bond motifs is 2. The van der Waals surface area contributed by atoms with E-state index >= 15 is 0 Å². The van der Waals surface area contributed by atoms with Crippen LogP contribution < -0.4 is 0 Å². The van der Waals surface area contributed by atoms with E-state index < -0.39 is 10.0 Å². The zero-order valence-corrected chi connectivity index (χ0v) is 13.9. The van der Waals surface area contributed by atoms with Crippen LogP contribution in [0.1, 0.15) is 26.7 Å². The van der Waals surface area contributed by atoms with E-state index in [-0.39, 0.29) is 12.1 Å². The molecule has 1 aromatic rings. The lowest BCUT2D eigenvalue weighted by molar-refractivity contribution is 0.103. The summed E-state index contributed by atoms with van der Waals surface area (Å²) in [4.78, 5) is 2.73. The fraction of sp³-hybridized carbons (Fsp3) is 0.600. The highest BCUT2D eigenvalue weighted by molar-refractivity contribution is 7.89. The van der Waals surface area contributed by atoms with Gasteiger partial charge in [-0.15, -0.1) is 0 Å². The standard InChI is InChI=1S/C15H21ClN2O2S/c1-11(2)17-9-13-5-6-14(10-17)18(13)21(19,20)15-7-3-12(16)4-8-15/h3-4,7-8,11,13-14H,5-6,9-10H2,1-2H3. The lowest BCUT2D eigenvalue weighted by Crippen LogP contribution is -2.57. The molecule has 0 N–H and O–H groups in total. The molecular formula is C15H21ClN2O2S. The average molecular weight is 329 g/mol. The summed E-state index contributed by atoms with van der Waals surface area (Å²) in [7, 11) is -3.42. The van der Waals surface area contributed by atoms with Gasteiger partial charge in [0.15, 0.2) is 0 Å². The average Bonchev–Trinajstić information content (AvgIpc) is 2.71. The maximum absolute atomic E-state index is 12.9. The van der Waals surface area contributed by atoms with Crippen molar-refractivity contribution in [2.45, 2.75) is 49.7 Å². The number of likely N-dealkylation sites (tertiary alicyclic amines) is 1. The maximum Gasteiger partial charge on any atom is 0.243 e. The molecule has 0 amide bonds. The fourth-order valence-corrected chi connectivity index (χ4v) is 5.42. The van der Waals surface area contributed by atoms with Gasteiger partial charge >= 0.3 is 0 Å². The molecule has 2 unspecified atom stereocenters. The highest BCUT2D eigenvalue weighted by Gasteiger charge is 2.46. The molecular weight excluding hydrogens is 308 g/mol. The molecule has 2 saturated heterocycles. The van der Waals surface area contributed by atoms with Crippen molar-refractivity contribution >= 4 is 21.6 Å². The number of benzene rings is 1. The quantitative estimate of drug-likeness (QED) is 0.856. The van der Waals surface area contributed by atoms with Gasteiger partial charge in [-0.05, 0) is 51.0 Å². The molecule has 0 saturated carbocycles. The van der Waals surface area contributed by atoms with Gasteiger partial charge in [0.25, 0.3) is 0 Å². The number of sulfonamides is 1. The van der Waals surface area contributed by atoms with E-state index in [2.05, 4.69) is 18.7 Å². The first-order chi connectivity index (χ1) is 9.89. The topological polar surface area (TPSA) is 40.6 Å². The SMILES string of the molecule is CC(C)N1CC2CCC(C1)N2S(=O)(=O)c1ccc(Cl)cc1. The van der Waals surface area contributed by atoms with Gasteiger partial charge in [-0.1, -0.05) is 11.6 Å². The minimum atomic E-state index is -3.42. The van der Waals surface area contributed by atoms with Crippen LogP contribution in [0.4, 0.5) is 0 Å². The molecule has 0 aliphatic carbocycles. The highest BCUT2D eigenvalue weighted by Crippen LogP contribution is 2.36. The van der Waals surface area contributed by atoms with Gasteiger partial charge in [-0.3, -0.25) is 4.90 Å². The molecule has 0 aromatic heterocycles. The van der Waals surface area contributed by atoms with E-state index in [1.807, 2.05) is 0 Å². The Kier molecular flexibility index (Phi) is 4.03. The summed E-state index contributed by atoms with van der Waals surface area (Å²) in [6.07, 6.45) is 1.92. The Hall–Kier alpha value is -0.620. The number of piperazine rings is 1. The molecule has 2 atom stereocenters. The van der Waals surface area contributed by atoms with Crippen LogP contribution in [0.3, 0.4) is 0 Å². The number of halogens is 1. The van der Waals surface area contributed by atoms with E-state index in [4.69, 9.17) is 11.6 Å². The van der Waals surface area contributed by atoms with E-state index in [0.29, 0.717) is 16.0 Å². The van der Waals surface area contributed by atoms with Crippen molar-refractivity contribution in [3.8, 4) is 0 Å². The molecule has 2 aliphatic heterocycles. The minimum absolute atomic E-state index is 0.104. The van der Waals surface area contributed by atoms with Crippen molar-refractivity contribution in [3.05, 3.63) is 29.3 Å². The zero-order chi connectivity index (χ0) is 15.2. The number of hydrogen-bond donors (Lipinski definition) is 0. The first-order valence-corrected chi connectivity index (χ1v) is 9.24. The molecule has 6 heteroatoms. The van der Waals surface area contributed by atoms with E-state index in [1.54, 1.807) is 28.6 Å². The van der Waals surface area contributed by atoms with E-state index in [9.17, 15) is 8.42 Å². The largest absolute Gasteiger partial charge is 0.298 e. The number of hydrogen-bond acceptors (Lipinski definition) is 3. The van der Waals surface area contributed by atoms with Crippen molar-refractivity contribution in [1.29, 1.82) is 0 Å². The normalized spacial score (nSPS) is 27.4. The van der Waals surface area contributed by atoms with Gasteiger partial charge in [0, 0.05) is 36.2 Å². The summed E-state index contributed by atoms with van der Waals surface area (Å²) in [5.74, 6) is 0. The third kappa shape index (κ3) is 2.72. The predicted molar refractivity (Wildman–Crippen MR) is 84.0 cm³/mol. The fourth-order valence-electron chi connectivity index (χ4n) is 3.44. The molecule has 116 valence electrons. The Morgan fingerprint density at radius 2 is 1.62 bits per heavy atom. The van der Waals surface area contributed by atoms with E-state index in [1.165, 1.54) is 0 Å². The van der Waals surface area contributed by atoms with Crippen molar-refractivity contribution in [3.63, 3.8) is 0 Å². The van der Waals surface area contributed by atoms with Crippen LogP contribution >= 0.6 is 11.6 Å². The first kappa shape index (κ1) is 15.3. The van der Waals surface area contributed by atoms with Gasteiger partial charge in [0.1, 0.15) is 0 Å². The second-order valence-electron chi connectivity index (χ2n) is 6.22. The molecule has 0 radical (unpaired) electrons. The number of rotatable bonds is 3. The molecule has 1 aromatic carbocycles. The molecule has 0 spiro atoms. The van der Waals surface area contributed by atoms with Gasteiger partial charge in [0.2, 0.25) is 10.0 Å². The van der Waals surface area contributed by atoms with Crippen LogP contribution in [-0.4, -0.2) is 48.8 Å². The maximum atomic E-state index is 12.9. The molecule has 2 bridgehead atoms. The Morgan fingerprint density at radius 3 is 2.10 bits per heavy atom. The van der Waals surface area contributed by atoms with Gasteiger partial charge in [-0.2, -0.15) is 4.31 Å². The van der Waals surface area contributed by atoms with Gasteiger partial charge in [0.05, 0.1) is 4.90 Å². The molecule has 21 heavy (non-hydrogen) atoms. The molecule has 4 nitrogen and oxygen atoms in total. The smallest absolute Gasteiger partial charge is 0.243 e. The lowest BCUT2D eigenvalue weighted by Gasteiger charge is -2.41. The third-order valence-corrected chi connectivity index (χ3v) is 6.83. The predicted octanol–water partition coefficient (Wildman–Crippen LogP) is 2.59. The zero-order valence-electron chi connectivity index (χ0n) is 12.4. The monoisotopic (exact) mass is 328 g/mol. The summed E-state index contributed by atoms with van der Waals surface area (Å²) in [5.41, 5.74) is 0. The van der Waals surface area contributed by atoms with Crippen LogP contribution in [0.2, 0.25) is 5.02 Å². The minimum Gasteiger partial charge on any atom is -0.298 e. The second kappa shape index (κ2) is 5.54. The van der Waals surface area contributed by atoms with Gasteiger partial charge in [-0.25, -0.2) is 8.42 Å². The molecule has 2 fully saturated rings. The summed E-state index contributed by atoms with van der Waals surface area (Å²) >= 11 is 5.86. The second-order valence-corrected chi connectivity index (χ2v) is 8.50. The summed E-state index contributed by atoms with van der Waals surface area (Å²) < 4.78 is 27.5. The Balaban J connectivity index is 1.89.